The molecule has 0 aliphatic carbocycles. The van der Waals surface area contributed by atoms with Gasteiger partial charge in [0.1, 0.15) is 11.6 Å². The zero-order chi connectivity index (χ0) is 13.8. The predicted octanol–water partition coefficient (Wildman–Crippen LogP) is 2.68. The van der Waals surface area contributed by atoms with Gasteiger partial charge in [0.05, 0.1) is 6.20 Å². The Morgan fingerprint density at radius 2 is 1.95 bits per heavy atom. The maximum absolute atomic E-state index is 13.2. The summed E-state index contributed by atoms with van der Waals surface area (Å²) in [6.45, 7) is 2.81. The number of halogens is 2. The molecule has 102 valence electrons. The molecule has 0 aliphatic rings. The minimum atomic E-state index is -0.556. The summed E-state index contributed by atoms with van der Waals surface area (Å²) in [5, 5.41) is 7.27. The van der Waals surface area contributed by atoms with Crippen molar-refractivity contribution in [1.29, 1.82) is 0 Å². The second kappa shape index (κ2) is 5.93. The van der Waals surface area contributed by atoms with Gasteiger partial charge >= 0.3 is 0 Å². The zero-order valence-corrected chi connectivity index (χ0v) is 11.0. The van der Waals surface area contributed by atoms with E-state index < -0.39 is 11.6 Å². The Hall–Kier alpha value is -1.75. The van der Waals surface area contributed by atoms with E-state index in [1.54, 1.807) is 13.2 Å². The molecular weight excluding hydrogens is 248 g/mol. The van der Waals surface area contributed by atoms with Gasteiger partial charge < -0.3 is 5.32 Å². The lowest BCUT2D eigenvalue weighted by Gasteiger charge is -2.16. The van der Waals surface area contributed by atoms with Crippen molar-refractivity contribution in [1.82, 2.24) is 15.1 Å². The van der Waals surface area contributed by atoms with Gasteiger partial charge in [0.2, 0.25) is 0 Å². The van der Waals surface area contributed by atoms with E-state index in [0.717, 1.165) is 18.2 Å². The van der Waals surface area contributed by atoms with E-state index in [-0.39, 0.29) is 6.04 Å². The second-order valence-corrected chi connectivity index (χ2v) is 4.45. The summed E-state index contributed by atoms with van der Waals surface area (Å²) >= 11 is 0. The van der Waals surface area contributed by atoms with E-state index in [2.05, 4.69) is 10.4 Å². The zero-order valence-electron chi connectivity index (χ0n) is 11.0. The van der Waals surface area contributed by atoms with Crippen LogP contribution in [0.25, 0.3) is 0 Å². The van der Waals surface area contributed by atoms with Crippen LogP contribution in [0.4, 0.5) is 8.78 Å². The van der Waals surface area contributed by atoms with E-state index in [1.807, 2.05) is 17.8 Å². The average Bonchev–Trinajstić information content (AvgIpc) is 2.82. The van der Waals surface area contributed by atoms with Gasteiger partial charge in [0.15, 0.2) is 0 Å². The third-order valence-electron chi connectivity index (χ3n) is 3.09. The molecular formula is C14H17F2N3. The molecule has 1 aromatic heterocycles. The molecule has 0 radical (unpaired) electrons. The highest BCUT2D eigenvalue weighted by Crippen LogP contribution is 2.20. The van der Waals surface area contributed by atoms with Crippen LogP contribution in [0.3, 0.4) is 0 Å². The number of hydrogen-bond donors (Lipinski definition) is 1. The molecule has 3 nitrogen and oxygen atoms in total. The molecule has 0 aliphatic heterocycles. The molecule has 0 spiro atoms. The fraction of sp³-hybridized carbons (Fsp3) is 0.357. The fourth-order valence-corrected chi connectivity index (χ4v) is 2.08. The molecule has 19 heavy (non-hydrogen) atoms. The van der Waals surface area contributed by atoms with Crippen LogP contribution in [0.15, 0.2) is 30.6 Å². The molecule has 2 aromatic rings. The van der Waals surface area contributed by atoms with Crippen molar-refractivity contribution in [3.8, 4) is 0 Å². The van der Waals surface area contributed by atoms with Gasteiger partial charge in [0, 0.05) is 24.8 Å². The highest BCUT2D eigenvalue weighted by atomic mass is 19.1. The Morgan fingerprint density at radius 3 is 2.47 bits per heavy atom. The molecule has 0 amide bonds. The summed E-state index contributed by atoms with van der Waals surface area (Å²) in [6, 6.07) is 3.45. The summed E-state index contributed by atoms with van der Waals surface area (Å²) in [5.74, 6) is -1.11. The molecule has 2 rings (SSSR count). The van der Waals surface area contributed by atoms with Crippen molar-refractivity contribution in [3.63, 3.8) is 0 Å². The highest BCUT2D eigenvalue weighted by molar-refractivity contribution is 5.23. The third-order valence-corrected chi connectivity index (χ3v) is 3.09. The minimum absolute atomic E-state index is 0.139. The van der Waals surface area contributed by atoms with Crippen molar-refractivity contribution < 1.29 is 8.78 Å². The Bertz CT molecular complexity index is 531. The largest absolute Gasteiger partial charge is 0.313 e. The number of rotatable bonds is 5. The van der Waals surface area contributed by atoms with E-state index in [4.69, 9.17) is 0 Å². The topological polar surface area (TPSA) is 29.9 Å². The highest BCUT2D eigenvalue weighted by Gasteiger charge is 2.13. The van der Waals surface area contributed by atoms with Crippen LogP contribution in [0.2, 0.25) is 0 Å². The normalized spacial score (nSPS) is 12.6. The van der Waals surface area contributed by atoms with Crippen molar-refractivity contribution >= 4 is 0 Å². The van der Waals surface area contributed by atoms with Crippen molar-refractivity contribution in [2.75, 3.05) is 7.05 Å². The quantitative estimate of drug-likeness (QED) is 0.900. The molecule has 0 saturated heterocycles. The fourth-order valence-electron chi connectivity index (χ4n) is 2.08. The first-order valence-electron chi connectivity index (χ1n) is 6.27. The Kier molecular flexibility index (Phi) is 4.27. The summed E-state index contributed by atoms with van der Waals surface area (Å²) in [7, 11) is 1.78. The number of nitrogens with zero attached hydrogens (tertiary/aromatic N) is 2. The number of benzene rings is 1. The lowest BCUT2D eigenvalue weighted by atomic mass is 10.0. The van der Waals surface area contributed by atoms with Crippen LogP contribution < -0.4 is 5.32 Å². The van der Waals surface area contributed by atoms with Crippen molar-refractivity contribution in [2.24, 2.45) is 0 Å². The summed E-state index contributed by atoms with van der Waals surface area (Å²) < 4.78 is 28.3. The van der Waals surface area contributed by atoms with Gasteiger partial charge in [-0.25, -0.2) is 8.78 Å². The van der Waals surface area contributed by atoms with Crippen LogP contribution >= 0.6 is 0 Å². The molecule has 1 atom stereocenters. The lowest BCUT2D eigenvalue weighted by Crippen LogP contribution is -2.19. The van der Waals surface area contributed by atoms with Crippen LogP contribution in [0, 0.1) is 11.6 Å². The van der Waals surface area contributed by atoms with Crippen LogP contribution in [0.1, 0.15) is 24.1 Å². The molecule has 0 fully saturated rings. The van der Waals surface area contributed by atoms with Gasteiger partial charge in [-0.05, 0) is 43.7 Å². The Morgan fingerprint density at radius 1 is 1.26 bits per heavy atom. The first-order valence-corrected chi connectivity index (χ1v) is 6.27. The summed E-state index contributed by atoms with van der Waals surface area (Å²) in [6.07, 6.45) is 4.36. The van der Waals surface area contributed by atoms with Crippen molar-refractivity contribution in [2.45, 2.75) is 25.9 Å². The number of aryl methyl sites for hydroxylation is 1. The Balaban J connectivity index is 2.19. The molecule has 0 bridgehead atoms. The first-order chi connectivity index (χ1) is 9.12. The molecule has 0 saturated carbocycles. The second-order valence-electron chi connectivity index (χ2n) is 4.45. The van der Waals surface area contributed by atoms with E-state index in [0.29, 0.717) is 12.0 Å². The molecule has 5 heteroatoms. The SMILES string of the molecule is CCn1cc(CC(NC)c2cc(F)cc(F)c2)cn1. The summed E-state index contributed by atoms with van der Waals surface area (Å²) in [4.78, 5) is 0. The average molecular weight is 265 g/mol. The molecule has 1 aromatic carbocycles. The smallest absolute Gasteiger partial charge is 0.126 e. The number of hydrogen-bond acceptors (Lipinski definition) is 2. The van der Waals surface area contributed by atoms with E-state index >= 15 is 0 Å². The predicted molar refractivity (Wildman–Crippen MR) is 69.8 cm³/mol. The monoisotopic (exact) mass is 265 g/mol. The molecule has 1 unspecified atom stereocenters. The van der Waals surface area contributed by atoms with Gasteiger partial charge in [-0.3, -0.25) is 4.68 Å². The maximum Gasteiger partial charge on any atom is 0.126 e. The van der Waals surface area contributed by atoms with Gasteiger partial charge in [-0.15, -0.1) is 0 Å². The lowest BCUT2D eigenvalue weighted by molar-refractivity contribution is 0.551. The third kappa shape index (κ3) is 3.38. The summed E-state index contributed by atoms with van der Waals surface area (Å²) in [5.41, 5.74) is 1.63. The number of nitrogens with one attached hydrogen (secondary N) is 1. The van der Waals surface area contributed by atoms with Crippen LogP contribution in [-0.4, -0.2) is 16.8 Å². The number of likely N-dealkylation sites (N-methyl/N-ethyl adjacent to an activating group) is 1. The van der Waals surface area contributed by atoms with E-state index in [9.17, 15) is 8.78 Å². The van der Waals surface area contributed by atoms with Gasteiger partial charge in [-0.1, -0.05) is 0 Å². The van der Waals surface area contributed by atoms with E-state index in [1.165, 1.54) is 12.1 Å². The minimum Gasteiger partial charge on any atom is -0.313 e. The van der Waals surface area contributed by atoms with Gasteiger partial charge in [-0.2, -0.15) is 5.10 Å². The maximum atomic E-state index is 13.2. The first kappa shape index (κ1) is 13.7. The number of aromatic nitrogens is 2. The van der Waals surface area contributed by atoms with Crippen LogP contribution in [-0.2, 0) is 13.0 Å². The van der Waals surface area contributed by atoms with Gasteiger partial charge in [0.25, 0.3) is 0 Å². The standard InChI is InChI=1S/C14H17F2N3/c1-3-19-9-10(8-18-19)4-14(17-2)11-5-12(15)7-13(16)6-11/h5-9,14,17H,3-4H2,1-2H3. The molecule has 1 heterocycles. The van der Waals surface area contributed by atoms with Crippen molar-refractivity contribution in [3.05, 3.63) is 53.4 Å². The van der Waals surface area contributed by atoms with Crippen LogP contribution in [0.5, 0.6) is 0 Å². The Labute approximate surface area is 111 Å². The molecule has 1 N–H and O–H groups in total.